The molecule has 124 valence electrons. The smallest absolute Gasteiger partial charge is 0.369 e. The molecule has 0 amide bonds. The van der Waals surface area contributed by atoms with Crippen LogP contribution in [0.15, 0.2) is 12.2 Å². The van der Waals surface area contributed by atoms with Crippen LogP contribution in [-0.4, -0.2) is 55.1 Å². The van der Waals surface area contributed by atoms with Gasteiger partial charge in [0.25, 0.3) is 5.08 Å². The normalized spacial score (nSPS) is 14.6. The molecule has 0 aromatic heterocycles. The largest absolute Gasteiger partial charge is 0.460 e. The van der Waals surface area contributed by atoms with Gasteiger partial charge in [0.15, 0.2) is 0 Å². The first-order chi connectivity index (χ1) is 9.22. The third kappa shape index (κ3) is 5.61. The molecule has 0 aliphatic carbocycles. The van der Waals surface area contributed by atoms with E-state index >= 15 is 0 Å². The summed E-state index contributed by atoms with van der Waals surface area (Å²) in [5.41, 5.74) is 0.0680. The van der Waals surface area contributed by atoms with E-state index in [0.29, 0.717) is 6.92 Å². The predicted octanol–water partition coefficient (Wildman–Crippen LogP) is -0.488. The second-order valence-corrected chi connectivity index (χ2v) is 8.60. The van der Waals surface area contributed by atoms with Gasteiger partial charge in [-0.1, -0.05) is 6.58 Å². The Balaban J connectivity index is 4.73. The lowest BCUT2D eigenvalue weighted by atomic mass is 10.3. The number of ether oxygens (including phenoxy) is 2. The highest BCUT2D eigenvalue weighted by Crippen LogP contribution is 2.69. The third-order valence-corrected chi connectivity index (χ3v) is 6.37. The second kappa shape index (κ2) is 7.13. The number of carbonyl (C=O) groups is 1. The van der Waals surface area contributed by atoms with Gasteiger partial charge in [0.05, 0.1) is 6.61 Å². The molecule has 0 radical (unpaired) electrons. The standard InChI is InChI=1S/C9H18O10P2/c1-6(2)8(11)18-4-7(10)5-19-9(3,20(12,13)14)21(15,16)17/h7,10H,1,4-5H2,2-3H3,(H2,12,13,14)(H2,15,16,17). The maximum atomic E-state index is 11.2. The van der Waals surface area contributed by atoms with Crippen LogP contribution in [0, 0.1) is 0 Å². The predicted molar refractivity (Wildman–Crippen MR) is 70.2 cm³/mol. The molecule has 0 aromatic carbocycles. The molecule has 0 bridgehead atoms. The Morgan fingerprint density at radius 1 is 1.19 bits per heavy atom. The minimum atomic E-state index is -5.34. The average molecular weight is 348 g/mol. The topological polar surface area (TPSA) is 171 Å². The quantitative estimate of drug-likeness (QED) is 0.219. The van der Waals surface area contributed by atoms with Crippen LogP contribution in [0.25, 0.3) is 0 Å². The molecule has 21 heavy (non-hydrogen) atoms. The van der Waals surface area contributed by atoms with Gasteiger partial charge in [-0.05, 0) is 13.8 Å². The Morgan fingerprint density at radius 2 is 1.62 bits per heavy atom. The number of hydrogen-bond acceptors (Lipinski definition) is 6. The summed E-state index contributed by atoms with van der Waals surface area (Å²) in [5.74, 6) is -0.804. The molecule has 0 saturated heterocycles. The Labute approximate surface area is 120 Å². The van der Waals surface area contributed by atoms with E-state index in [1.54, 1.807) is 0 Å². The summed E-state index contributed by atoms with van der Waals surface area (Å²) in [6.45, 7) is 3.73. The van der Waals surface area contributed by atoms with Crippen LogP contribution in [0.4, 0.5) is 0 Å². The molecule has 0 aliphatic heterocycles. The summed E-state index contributed by atoms with van der Waals surface area (Å²) in [6, 6.07) is 0. The fraction of sp³-hybridized carbons (Fsp3) is 0.667. The molecular weight excluding hydrogens is 330 g/mol. The van der Waals surface area contributed by atoms with Gasteiger partial charge in [-0.2, -0.15) is 0 Å². The number of carbonyl (C=O) groups excluding carboxylic acids is 1. The fourth-order valence-corrected chi connectivity index (χ4v) is 2.78. The number of aliphatic hydroxyl groups excluding tert-OH is 1. The molecule has 12 heteroatoms. The summed E-state index contributed by atoms with van der Waals surface area (Å²) in [4.78, 5) is 47.0. The fourth-order valence-electron chi connectivity index (χ4n) is 0.935. The lowest BCUT2D eigenvalue weighted by Gasteiger charge is -2.31. The van der Waals surface area contributed by atoms with Gasteiger partial charge < -0.3 is 34.2 Å². The van der Waals surface area contributed by atoms with Gasteiger partial charge in [-0.15, -0.1) is 0 Å². The van der Waals surface area contributed by atoms with Crippen molar-refractivity contribution in [3.8, 4) is 0 Å². The first kappa shape index (κ1) is 20.4. The van der Waals surface area contributed by atoms with Crippen molar-refractivity contribution < 1.29 is 48.1 Å². The zero-order chi connectivity index (χ0) is 17.1. The van der Waals surface area contributed by atoms with Crippen LogP contribution in [0.2, 0.25) is 0 Å². The van der Waals surface area contributed by atoms with Crippen LogP contribution >= 0.6 is 15.2 Å². The molecule has 1 atom stereocenters. The highest BCUT2D eigenvalue weighted by atomic mass is 31.2. The second-order valence-electron chi connectivity index (χ2n) is 4.37. The zero-order valence-corrected chi connectivity index (χ0v) is 13.2. The molecule has 0 fully saturated rings. The van der Waals surface area contributed by atoms with Crippen LogP contribution < -0.4 is 0 Å². The van der Waals surface area contributed by atoms with E-state index in [2.05, 4.69) is 16.1 Å². The minimum absolute atomic E-state index is 0.0680. The Kier molecular flexibility index (Phi) is 6.93. The van der Waals surface area contributed by atoms with Crippen LogP contribution in [0.3, 0.4) is 0 Å². The minimum Gasteiger partial charge on any atom is -0.460 e. The molecule has 0 heterocycles. The first-order valence-electron chi connectivity index (χ1n) is 5.48. The summed E-state index contributed by atoms with van der Waals surface area (Å²) < 4.78 is 31.4. The highest BCUT2D eigenvalue weighted by molar-refractivity contribution is 7.72. The Hall–Kier alpha value is -0.570. The maximum absolute atomic E-state index is 11.2. The number of hydrogen-bond donors (Lipinski definition) is 5. The van der Waals surface area contributed by atoms with E-state index in [-0.39, 0.29) is 5.57 Å². The maximum Gasteiger partial charge on any atom is 0.369 e. The van der Waals surface area contributed by atoms with Gasteiger partial charge in [0, 0.05) is 5.57 Å². The molecule has 0 spiro atoms. The molecule has 0 rings (SSSR count). The summed E-state index contributed by atoms with van der Waals surface area (Å²) in [5, 5.41) is 6.34. The van der Waals surface area contributed by atoms with E-state index < -0.39 is 45.6 Å². The van der Waals surface area contributed by atoms with E-state index in [0.717, 1.165) is 0 Å². The van der Waals surface area contributed by atoms with Crippen LogP contribution in [0.1, 0.15) is 13.8 Å². The monoisotopic (exact) mass is 348 g/mol. The first-order valence-corrected chi connectivity index (χ1v) is 8.71. The van der Waals surface area contributed by atoms with Crippen molar-refractivity contribution in [1.82, 2.24) is 0 Å². The molecule has 0 aromatic rings. The molecule has 1 unspecified atom stereocenters. The lowest BCUT2D eigenvalue weighted by molar-refractivity contribution is -0.143. The van der Waals surface area contributed by atoms with Crippen LogP contribution in [0.5, 0.6) is 0 Å². The van der Waals surface area contributed by atoms with E-state index in [9.17, 15) is 19.0 Å². The van der Waals surface area contributed by atoms with Gasteiger partial charge >= 0.3 is 21.2 Å². The van der Waals surface area contributed by atoms with Crippen molar-refractivity contribution in [1.29, 1.82) is 0 Å². The van der Waals surface area contributed by atoms with Crippen LogP contribution in [-0.2, 0) is 23.4 Å². The summed E-state index contributed by atoms with van der Waals surface area (Å²) in [6.07, 6.45) is -1.54. The SMILES string of the molecule is C=C(C)C(=O)OCC(O)COC(C)(P(=O)(O)O)P(=O)(O)O. The molecule has 0 aliphatic rings. The number of rotatable bonds is 8. The van der Waals surface area contributed by atoms with Gasteiger partial charge in [-0.3, -0.25) is 9.13 Å². The summed E-state index contributed by atoms with van der Waals surface area (Å²) >= 11 is 0. The molecular formula is C9H18O10P2. The van der Waals surface area contributed by atoms with Gasteiger partial charge in [-0.25, -0.2) is 4.79 Å². The van der Waals surface area contributed by atoms with E-state index in [4.69, 9.17) is 19.6 Å². The number of aliphatic hydroxyl groups is 1. The van der Waals surface area contributed by atoms with Crippen molar-refractivity contribution >= 4 is 21.2 Å². The zero-order valence-electron chi connectivity index (χ0n) is 11.4. The Morgan fingerprint density at radius 3 is 1.95 bits per heavy atom. The average Bonchev–Trinajstić information content (AvgIpc) is 2.29. The van der Waals surface area contributed by atoms with E-state index in [1.165, 1.54) is 6.92 Å². The Bertz CT molecular complexity index is 467. The lowest BCUT2D eigenvalue weighted by Crippen LogP contribution is -2.34. The van der Waals surface area contributed by atoms with E-state index in [1.807, 2.05) is 0 Å². The van der Waals surface area contributed by atoms with Gasteiger partial charge in [0.1, 0.15) is 12.7 Å². The van der Waals surface area contributed by atoms with Crippen molar-refractivity contribution in [2.45, 2.75) is 25.0 Å². The van der Waals surface area contributed by atoms with Crippen molar-refractivity contribution in [2.24, 2.45) is 0 Å². The van der Waals surface area contributed by atoms with Gasteiger partial charge in [0.2, 0.25) is 0 Å². The molecule has 0 saturated carbocycles. The third-order valence-electron chi connectivity index (χ3n) is 2.39. The molecule has 5 N–H and O–H groups in total. The number of esters is 1. The van der Waals surface area contributed by atoms with Crippen molar-refractivity contribution in [2.75, 3.05) is 13.2 Å². The highest BCUT2D eigenvalue weighted by Gasteiger charge is 2.58. The van der Waals surface area contributed by atoms with Crippen molar-refractivity contribution in [3.05, 3.63) is 12.2 Å². The van der Waals surface area contributed by atoms with Crippen molar-refractivity contribution in [3.63, 3.8) is 0 Å². The summed E-state index contributed by atoms with van der Waals surface area (Å²) in [7, 11) is -10.7. The molecule has 10 nitrogen and oxygen atoms in total.